The lowest BCUT2D eigenvalue weighted by Crippen LogP contribution is -2.44. The zero-order chi connectivity index (χ0) is 26.3. The van der Waals surface area contributed by atoms with Crippen molar-refractivity contribution in [3.05, 3.63) is 93.8 Å². The third-order valence-electron chi connectivity index (χ3n) is 8.80. The molecule has 6 nitrogen and oxygen atoms in total. The normalized spacial score (nSPS) is 20.0. The van der Waals surface area contributed by atoms with Gasteiger partial charge in [0.15, 0.2) is 0 Å². The van der Waals surface area contributed by atoms with Gasteiger partial charge in [0.25, 0.3) is 11.8 Å². The van der Waals surface area contributed by atoms with E-state index in [9.17, 15) is 9.59 Å². The topological polar surface area (TPSA) is 65.5 Å². The molecule has 7 heteroatoms. The number of pyridine rings is 1. The number of likely N-dealkylation sites (tertiary alicyclic amines) is 1. The van der Waals surface area contributed by atoms with E-state index in [4.69, 9.17) is 11.6 Å². The largest absolute Gasteiger partial charge is 0.371 e. The Morgan fingerprint density at radius 3 is 2.50 bits per heavy atom. The van der Waals surface area contributed by atoms with Crippen molar-refractivity contribution in [1.29, 1.82) is 0 Å². The monoisotopic (exact) mass is 528 g/mol. The molecule has 2 fully saturated rings. The number of anilines is 1. The van der Waals surface area contributed by atoms with Crippen LogP contribution in [0.25, 0.3) is 0 Å². The second-order valence-corrected chi connectivity index (χ2v) is 11.5. The van der Waals surface area contributed by atoms with E-state index in [0.29, 0.717) is 10.6 Å². The maximum atomic E-state index is 13.7. The van der Waals surface area contributed by atoms with Crippen molar-refractivity contribution in [3.8, 4) is 0 Å². The maximum Gasteiger partial charge on any atom is 0.254 e. The average Bonchev–Trinajstić information content (AvgIpc) is 3.53. The number of hydrogen-bond acceptors (Lipinski definition) is 4. The first-order chi connectivity index (χ1) is 18.4. The molecule has 1 spiro atoms. The Kier molecular flexibility index (Phi) is 6.60. The smallest absolute Gasteiger partial charge is 0.254 e. The number of nitrogens with one attached hydrogen (secondary N) is 1. The number of rotatable bonds is 4. The average molecular weight is 529 g/mol. The van der Waals surface area contributed by atoms with Gasteiger partial charge in [0.1, 0.15) is 0 Å². The highest BCUT2D eigenvalue weighted by Crippen LogP contribution is 2.42. The fourth-order valence-electron chi connectivity index (χ4n) is 6.52. The Morgan fingerprint density at radius 1 is 1.00 bits per heavy atom. The van der Waals surface area contributed by atoms with Gasteiger partial charge in [-0.2, -0.15) is 0 Å². The lowest BCUT2D eigenvalue weighted by molar-refractivity contribution is 0.0609. The van der Waals surface area contributed by atoms with Crippen molar-refractivity contribution in [1.82, 2.24) is 15.2 Å². The Labute approximate surface area is 229 Å². The number of aromatic nitrogens is 1. The van der Waals surface area contributed by atoms with E-state index in [2.05, 4.69) is 33.4 Å². The summed E-state index contributed by atoms with van der Waals surface area (Å²) in [6, 6.07) is 15.3. The van der Waals surface area contributed by atoms with Gasteiger partial charge in [-0.1, -0.05) is 29.8 Å². The van der Waals surface area contributed by atoms with Gasteiger partial charge >= 0.3 is 0 Å². The summed E-state index contributed by atoms with van der Waals surface area (Å²) in [5.74, 6) is -0.0761. The van der Waals surface area contributed by atoms with Crippen LogP contribution in [-0.2, 0) is 6.42 Å². The Balaban J connectivity index is 1.14. The fraction of sp³-hybridized carbons (Fsp3) is 0.387. The molecule has 2 amide bonds. The maximum absolute atomic E-state index is 13.7. The molecule has 1 aromatic heterocycles. The summed E-state index contributed by atoms with van der Waals surface area (Å²) in [6.07, 6.45) is 8.64. The third-order valence-corrected chi connectivity index (χ3v) is 9.13. The van der Waals surface area contributed by atoms with Gasteiger partial charge in [0.2, 0.25) is 0 Å². The number of halogens is 1. The molecule has 0 bridgehead atoms. The summed E-state index contributed by atoms with van der Waals surface area (Å²) in [6.45, 7) is 5.70. The van der Waals surface area contributed by atoms with Gasteiger partial charge < -0.3 is 15.1 Å². The molecular weight excluding hydrogens is 496 g/mol. The minimum Gasteiger partial charge on any atom is -0.371 e. The summed E-state index contributed by atoms with van der Waals surface area (Å²) in [4.78, 5) is 35.3. The van der Waals surface area contributed by atoms with Gasteiger partial charge in [0.05, 0.1) is 16.6 Å². The number of fused-ring (bicyclic) bond motifs is 1. The number of nitrogens with zero attached hydrogens (tertiary/aromatic N) is 3. The van der Waals surface area contributed by atoms with E-state index in [1.54, 1.807) is 12.1 Å². The molecule has 0 unspecified atom stereocenters. The third kappa shape index (κ3) is 4.66. The van der Waals surface area contributed by atoms with E-state index in [-0.39, 0.29) is 23.3 Å². The quantitative estimate of drug-likeness (QED) is 0.479. The molecule has 6 rings (SSSR count). The second kappa shape index (κ2) is 10.1. The number of aryl methyl sites for hydroxylation is 2. The molecule has 3 aromatic rings. The van der Waals surface area contributed by atoms with E-state index < -0.39 is 0 Å². The molecule has 0 saturated carbocycles. The standard InChI is InChI=1S/C31H33ClN4O2/c1-21-18-22-6-7-28(34-29(37)24-4-2-3-5-27(24)32)26(22)19-25(21)30(38)35-15-10-31(11-16-35)12-17-36(20-31)23-8-13-33-14-9-23/h2-5,8-9,13-14,18-19,28H,6-7,10-12,15-17,20H2,1H3,(H,34,37)/t28-/m1/s1. The van der Waals surface area contributed by atoms with Crippen molar-refractivity contribution in [2.75, 3.05) is 31.1 Å². The fourth-order valence-corrected chi connectivity index (χ4v) is 6.74. The van der Waals surface area contributed by atoms with Crippen LogP contribution in [0.4, 0.5) is 5.69 Å². The first-order valence-corrected chi connectivity index (χ1v) is 13.9. The minimum absolute atomic E-state index is 0.104. The Hall–Kier alpha value is -3.38. The minimum atomic E-state index is -0.180. The van der Waals surface area contributed by atoms with Crippen LogP contribution in [0.2, 0.25) is 5.02 Å². The van der Waals surface area contributed by atoms with Crippen LogP contribution in [0.5, 0.6) is 0 Å². The van der Waals surface area contributed by atoms with Gasteiger partial charge in [-0.05, 0) is 91.5 Å². The van der Waals surface area contributed by atoms with Gasteiger partial charge in [0, 0.05) is 49.8 Å². The predicted molar refractivity (Wildman–Crippen MR) is 150 cm³/mol. The van der Waals surface area contributed by atoms with E-state index in [1.165, 1.54) is 17.7 Å². The molecule has 2 saturated heterocycles. The van der Waals surface area contributed by atoms with Crippen molar-refractivity contribution in [3.63, 3.8) is 0 Å². The summed E-state index contributed by atoms with van der Waals surface area (Å²) >= 11 is 6.25. The van der Waals surface area contributed by atoms with Crippen molar-refractivity contribution < 1.29 is 9.59 Å². The molecule has 2 aliphatic heterocycles. The molecule has 3 aliphatic rings. The number of carbonyl (C=O) groups is 2. The summed E-state index contributed by atoms with van der Waals surface area (Å²) < 4.78 is 0. The highest BCUT2D eigenvalue weighted by Gasteiger charge is 2.42. The molecule has 1 N–H and O–H groups in total. The summed E-state index contributed by atoms with van der Waals surface area (Å²) in [7, 11) is 0. The highest BCUT2D eigenvalue weighted by atomic mass is 35.5. The highest BCUT2D eigenvalue weighted by molar-refractivity contribution is 6.33. The molecule has 1 aliphatic carbocycles. The molecule has 38 heavy (non-hydrogen) atoms. The zero-order valence-electron chi connectivity index (χ0n) is 21.8. The van der Waals surface area contributed by atoms with Crippen LogP contribution in [0.1, 0.15) is 69.1 Å². The zero-order valence-corrected chi connectivity index (χ0v) is 22.5. The number of amides is 2. The van der Waals surface area contributed by atoms with Gasteiger partial charge in [-0.3, -0.25) is 14.6 Å². The van der Waals surface area contributed by atoms with Crippen molar-refractivity contribution >= 4 is 29.1 Å². The lowest BCUT2D eigenvalue weighted by atomic mass is 9.77. The van der Waals surface area contributed by atoms with Crippen LogP contribution < -0.4 is 10.2 Å². The number of piperidine rings is 1. The Morgan fingerprint density at radius 2 is 1.74 bits per heavy atom. The van der Waals surface area contributed by atoms with Crippen LogP contribution in [0.3, 0.4) is 0 Å². The lowest BCUT2D eigenvalue weighted by Gasteiger charge is -2.39. The predicted octanol–water partition coefficient (Wildman–Crippen LogP) is 5.59. The molecule has 3 heterocycles. The van der Waals surface area contributed by atoms with Crippen LogP contribution >= 0.6 is 11.6 Å². The van der Waals surface area contributed by atoms with Gasteiger partial charge in [-0.15, -0.1) is 0 Å². The number of carbonyl (C=O) groups excluding carboxylic acids is 2. The number of benzene rings is 2. The van der Waals surface area contributed by atoms with E-state index in [1.807, 2.05) is 42.4 Å². The van der Waals surface area contributed by atoms with Crippen molar-refractivity contribution in [2.45, 2.75) is 45.1 Å². The van der Waals surface area contributed by atoms with Crippen LogP contribution in [0, 0.1) is 12.3 Å². The molecule has 1 atom stereocenters. The molecule has 196 valence electrons. The van der Waals surface area contributed by atoms with Crippen LogP contribution in [0.15, 0.2) is 60.9 Å². The van der Waals surface area contributed by atoms with E-state index in [0.717, 1.165) is 68.6 Å². The Bertz CT molecular complexity index is 1370. The van der Waals surface area contributed by atoms with Crippen molar-refractivity contribution in [2.24, 2.45) is 5.41 Å². The number of hydrogen-bond donors (Lipinski definition) is 1. The molecule has 0 radical (unpaired) electrons. The first kappa shape index (κ1) is 24.9. The van der Waals surface area contributed by atoms with E-state index >= 15 is 0 Å². The summed E-state index contributed by atoms with van der Waals surface area (Å²) in [5.41, 5.74) is 6.02. The molecule has 2 aromatic carbocycles. The van der Waals surface area contributed by atoms with Crippen LogP contribution in [-0.4, -0.2) is 47.9 Å². The second-order valence-electron chi connectivity index (χ2n) is 11.1. The summed E-state index contributed by atoms with van der Waals surface area (Å²) in [5, 5.41) is 3.59. The molecular formula is C31H33ClN4O2. The SMILES string of the molecule is Cc1cc2c(cc1C(=O)N1CCC3(CC1)CCN(c1ccncc1)C3)[C@H](NC(=O)c1ccccc1Cl)CC2. The van der Waals surface area contributed by atoms with Gasteiger partial charge in [-0.25, -0.2) is 0 Å². The first-order valence-electron chi connectivity index (χ1n) is 13.6.